The van der Waals surface area contributed by atoms with E-state index >= 15 is 0 Å². The van der Waals surface area contributed by atoms with Crippen LogP contribution in [0, 0.1) is 0 Å². The summed E-state index contributed by atoms with van der Waals surface area (Å²) in [4.78, 5) is 38.6. The third kappa shape index (κ3) is 5.85. The summed E-state index contributed by atoms with van der Waals surface area (Å²) >= 11 is 0. The van der Waals surface area contributed by atoms with Crippen LogP contribution in [-0.4, -0.2) is 95.2 Å². The Kier molecular flexibility index (Phi) is 8.14. The molecule has 1 heterocycles. The standard InChI is InChI=1S/C20H30N4O8S/c1-20(12-24(33(6,28)29)11-17(26)23(20)2)19(27)22-10-16(25)21-9-13-7-14(30-3)18(32-5)15(8-13)31-4/h7-8H,9-12H2,1-6H3,(H,21,25)(H,22,27)/t20-/m0/s1. The first-order valence-corrected chi connectivity index (χ1v) is 11.8. The smallest absolute Gasteiger partial charge is 0.247 e. The summed E-state index contributed by atoms with van der Waals surface area (Å²) in [5, 5.41) is 5.15. The van der Waals surface area contributed by atoms with Crippen LogP contribution in [0.5, 0.6) is 17.2 Å². The number of amides is 3. The zero-order chi connectivity index (χ0) is 25.0. The summed E-state index contributed by atoms with van der Waals surface area (Å²) in [6.07, 6.45) is 0.973. The summed E-state index contributed by atoms with van der Waals surface area (Å²) in [6, 6.07) is 3.37. The minimum atomic E-state index is -3.68. The summed E-state index contributed by atoms with van der Waals surface area (Å²) in [6.45, 7) is 0.661. The molecule has 1 atom stereocenters. The quantitative estimate of drug-likeness (QED) is 0.449. The number of piperazine rings is 1. The summed E-state index contributed by atoms with van der Waals surface area (Å²) in [7, 11) is 2.19. The van der Waals surface area contributed by atoms with E-state index in [-0.39, 0.29) is 26.2 Å². The Balaban J connectivity index is 2.02. The van der Waals surface area contributed by atoms with Crippen LogP contribution in [0.3, 0.4) is 0 Å². The van der Waals surface area contributed by atoms with Crippen LogP contribution >= 0.6 is 0 Å². The third-order valence-electron chi connectivity index (χ3n) is 5.49. The number of likely N-dealkylation sites (N-methyl/N-ethyl adjacent to an activating group) is 1. The van der Waals surface area contributed by atoms with Crippen molar-refractivity contribution >= 4 is 27.7 Å². The van der Waals surface area contributed by atoms with E-state index < -0.39 is 33.3 Å². The van der Waals surface area contributed by atoms with E-state index in [9.17, 15) is 22.8 Å². The maximum Gasteiger partial charge on any atom is 0.247 e. The minimum Gasteiger partial charge on any atom is -0.493 e. The fourth-order valence-corrected chi connectivity index (χ4v) is 4.18. The van der Waals surface area contributed by atoms with Crippen molar-refractivity contribution in [1.29, 1.82) is 0 Å². The number of sulfonamides is 1. The van der Waals surface area contributed by atoms with Crippen molar-refractivity contribution in [2.45, 2.75) is 19.0 Å². The van der Waals surface area contributed by atoms with Crippen molar-refractivity contribution in [3.63, 3.8) is 0 Å². The highest BCUT2D eigenvalue weighted by Gasteiger charge is 2.47. The van der Waals surface area contributed by atoms with Crippen molar-refractivity contribution in [2.75, 3.05) is 54.3 Å². The Morgan fingerprint density at radius 2 is 1.67 bits per heavy atom. The number of hydrogen-bond acceptors (Lipinski definition) is 8. The monoisotopic (exact) mass is 486 g/mol. The van der Waals surface area contributed by atoms with Gasteiger partial charge in [0.15, 0.2) is 11.5 Å². The number of hydrogen-bond donors (Lipinski definition) is 2. The molecule has 0 saturated carbocycles. The summed E-state index contributed by atoms with van der Waals surface area (Å²) < 4.78 is 40.6. The van der Waals surface area contributed by atoms with Crippen LogP contribution in [0.1, 0.15) is 12.5 Å². The van der Waals surface area contributed by atoms with Crippen LogP contribution in [0.15, 0.2) is 12.1 Å². The second-order valence-electron chi connectivity index (χ2n) is 7.75. The normalized spacial score (nSPS) is 19.1. The van der Waals surface area contributed by atoms with Gasteiger partial charge in [0.2, 0.25) is 33.5 Å². The van der Waals surface area contributed by atoms with Gasteiger partial charge in [-0.15, -0.1) is 0 Å². The van der Waals surface area contributed by atoms with E-state index in [1.807, 2.05) is 0 Å². The van der Waals surface area contributed by atoms with E-state index in [1.54, 1.807) is 12.1 Å². The van der Waals surface area contributed by atoms with Gasteiger partial charge in [0.1, 0.15) is 5.54 Å². The number of rotatable bonds is 9. The van der Waals surface area contributed by atoms with E-state index in [0.717, 1.165) is 10.6 Å². The topological polar surface area (TPSA) is 144 Å². The molecule has 2 rings (SSSR count). The molecule has 1 saturated heterocycles. The SMILES string of the molecule is COc1cc(CNC(=O)CNC(=O)[C@]2(C)CN(S(C)(=O)=O)CC(=O)N2C)cc(OC)c1OC. The maximum absolute atomic E-state index is 12.8. The molecule has 1 aliphatic rings. The van der Waals surface area contributed by atoms with Crippen molar-refractivity contribution in [2.24, 2.45) is 0 Å². The van der Waals surface area contributed by atoms with Crippen LogP contribution in [-0.2, 0) is 31.0 Å². The summed E-state index contributed by atoms with van der Waals surface area (Å²) in [5.74, 6) is -0.355. The second-order valence-corrected chi connectivity index (χ2v) is 9.73. The molecule has 0 spiro atoms. The molecule has 0 bridgehead atoms. The molecule has 1 fully saturated rings. The lowest BCUT2D eigenvalue weighted by atomic mass is 9.96. The third-order valence-corrected chi connectivity index (χ3v) is 6.69. The molecule has 0 aromatic heterocycles. The highest BCUT2D eigenvalue weighted by molar-refractivity contribution is 7.88. The Hall–Kier alpha value is -3.06. The minimum absolute atomic E-state index is 0.128. The number of benzene rings is 1. The predicted molar refractivity (Wildman–Crippen MR) is 119 cm³/mol. The summed E-state index contributed by atoms with van der Waals surface area (Å²) in [5.41, 5.74) is -0.785. The molecule has 1 aromatic rings. The Labute approximate surface area is 193 Å². The van der Waals surface area contributed by atoms with Crippen LogP contribution in [0.25, 0.3) is 0 Å². The number of methoxy groups -OCH3 is 3. The molecule has 3 amide bonds. The van der Waals surface area contributed by atoms with Gasteiger partial charge in [-0.05, 0) is 24.6 Å². The van der Waals surface area contributed by atoms with Gasteiger partial charge in [0, 0.05) is 20.1 Å². The van der Waals surface area contributed by atoms with E-state index in [0.29, 0.717) is 22.8 Å². The van der Waals surface area contributed by atoms with Gasteiger partial charge in [-0.2, -0.15) is 4.31 Å². The number of ether oxygens (including phenoxy) is 3. The lowest BCUT2D eigenvalue weighted by molar-refractivity contribution is -0.150. The average Bonchev–Trinajstić information content (AvgIpc) is 2.77. The van der Waals surface area contributed by atoms with Crippen LogP contribution < -0.4 is 24.8 Å². The van der Waals surface area contributed by atoms with Gasteiger partial charge in [0.05, 0.1) is 40.7 Å². The Morgan fingerprint density at radius 1 is 1.09 bits per heavy atom. The van der Waals surface area contributed by atoms with Gasteiger partial charge in [-0.1, -0.05) is 0 Å². The molecule has 0 unspecified atom stereocenters. The molecule has 1 aliphatic heterocycles. The number of nitrogens with zero attached hydrogens (tertiary/aromatic N) is 2. The highest BCUT2D eigenvalue weighted by Crippen LogP contribution is 2.38. The number of nitrogens with one attached hydrogen (secondary N) is 2. The maximum atomic E-state index is 12.8. The molecule has 184 valence electrons. The fraction of sp³-hybridized carbons (Fsp3) is 0.550. The first-order chi connectivity index (χ1) is 15.4. The molecule has 0 aliphatic carbocycles. The van der Waals surface area contributed by atoms with Crippen LogP contribution in [0.2, 0.25) is 0 Å². The van der Waals surface area contributed by atoms with Crippen molar-refractivity contribution < 1.29 is 37.0 Å². The van der Waals surface area contributed by atoms with Crippen molar-refractivity contribution in [1.82, 2.24) is 19.8 Å². The Morgan fingerprint density at radius 3 is 2.15 bits per heavy atom. The Bertz CT molecular complexity index is 1000. The fourth-order valence-electron chi connectivity index (χ4n) is 3.35. The largest absolute Gasteiger partial charge is 0.493 e. The first kappa shape index (κ1) is 26.2. The highest BCUT2D eigenvalue weighted by atomic mass is 32.2. The second kappa shape index (κ2) is 10.3. The van der Waals surface area contributed by atoms with Gasteiger partial charge in [-0.25, -0.2) is 8.42 Å². The molecule has 12 nitrogen and oxygen atoms in total. The van der Waals surface area contributed by atoms with Crippen molar-refractivity contribution in [3.8, 4) is 17.2 Å². The van der Waals surface area contributed by atoms with E-state index in [4.69, 9.17) is 14.2 Å². The number of carbonyl (C=O) groups excluding carboxylic acids is 3. The van der Waals surface area contributed by atoms with Gasteiger partial charge in [-0.3, -0.25) is 14.4 Å². The van der Waals surface area contributed by atoms with Gasteiger partial charge >= 0.3 is 0 Å². The molecule has 2 N–H and O–H groups in total. The van der Waals surface area contributed by atoms with E-state index in [1.165, 1.54) is 40.2 Å². The van der Waals surface area contributed by atoms with Gasteiger partial charge in [0.25, 0.3) is 0 Å². The zero-order valence-electron chi connectivity index (χ0n) is 19.6. The molecule has 33 heavy (non-hydrogen) atoms. The van der Waals surface area contributed by atoms with Gasteiger partial charge < -0.3 is 29.7 Å². The number of carbonyl (C=O) groups is 3. The average molecular weight is 487 g/mol. The molecule has 0 radical (unpaired) electrons. The lowest BCUT2D eigenvalue weighted by Gasteiger charge is -2.44. The molecular formula is C20H30N4O8S. The molecular weight excluding hydrogens is 456 g/mol. The molecule has 13 heteroatoms. The zero-order valence-corrected chi connectivity index (χ0v) is 20.4. The lowest BCUT2D eigenvalue weighted by Crippen LogP contribution is -2.68. The predicted octanol–water partition coefficient (Wildman–Crippen LogP) is -1.06. The first-order valence-electron chi connectivity index (χ1n) is 9.93. The molecule has 1 aromatic carbocycles. The van der Waals surface area contributed by atoms with Crippen molar-refractivity contribution in [3.05, 3.63) is 17.7 Å². The van der Waals surface area contributed by atoms with E-state index in [2.05, 4.69) is 10.6 Å². The van der Waals surface area contributed by atoms with Crippen LogP contribution in [0.4, 0.5) is 0 Å².